The molecule has 0 amide bonds. The van der Waals surface area contributed by atoms with Gasteiger partial charge in [0.15, 0.2) is 0 Å². The Morgan fingerprint density at radius 1 is 0.300 bits per heavy atom. The van der Waals surface area contributed by atoms with Crippen molar-refractivity contribution >= 4 is 0 Å². The fourth-order valence-electron chi connectivity index (χ4n) is 9.68. The SMILES string of the molecule is C1CCNC1.C1CN1.C1CNC1.C1COCCN1.CN1CCNCC1.NC1CC1.NC1CCC1.NC1CCCC1.NC1CCCC1.NC1CCCCC1.NCCCCN1CCCC1.NCCCN1CCCC1.NCCN1CCCC1. The standard InChI is InChI=1S/C8H18N2.C7H16N2.C6H14N2.C6H13N.C5H12N2.2C5H11N.C4H9NO.2C4H9N.2C3H7N.C2H5N/c9-5-1-2-6-10-7-3-4-8-10;8-4-3-7-9-5-1-2-6-9;7-3-6-8-4-1-2-5-8;7-6-4-2-1-3-5-6;1-7-4-2-6-3-5-7;2*6-5-3-1-2-4-5;1-3-6-4-2-5-1;1-2-4-5-3-1;5-4-2-1-3-4;1-2-4-3-1;4-3-1-2-3;1-2-3-1/h1-9H2;1-8H2;1-7H2;6H,1-5,7H2;6H,2-5H2,1H3;2*5H,1-4,6H2;5H,1-4H2;5H,1-4H2;4H,1-3,5H2;4H,1-3H2;3H,1-2,4H2;3H,1-2H2. The molecule has 8 heterocycles. The maximum absolute atomic E-state index is 5.63. The Balaban J connectivity index is 0.000000437. The predicted octanol–water partition coefficient (Wildman–Crippen LogP) is 4.02. The van der Waals surface area contributed by atoms with Crippen LogP contribution in [0.25, 0.3) is 0 Å². The van der Waals surface area contributed by atoms with Gasteiger partial charge in [-0.1, -0.05) is 51.4 Å². The maximum Gasteiger partial charge on any atom is 0.0591 e. The molecule has 13 aliphatic rings. The number of ether oxygens (including phenoxy) is 1. The highest BCUT2D eigenvalue weighted by atomic mass is 16.5. The van der Waals surface area contributed by atoms with Gasteiger partial charge in [0.2, 0.25) is 0 Å². The van der Waals surface area contributed by atoms with Crippen LogP contribution in [0.1, 0.15) is 193 Å². The lowest BCUT2D eigenvalue weighted by Crippen LogP contribution is -2.40. The molecule has 0 atom stereocenters. The highest BCUT2D eigenvalue weighted by Crippen LogP contribution is 2.17. The van der Waals surface area contributed by atoms with Crippen LogP contribution in [0.3, 0.4) is 0 Å². The highest BCUT2D eigenvalue weighted by molar-refractivity contribution is 4.75. The van der Waals surface area contributed by atoms with Crippen LogP contribution in [0.4, 0.5) is 0 Å². The van der Waals surface area contributed by atoms with Gasteiger partial charge in [0.1, 0.15) is 0 Å². The molecule has 0 unspecified atom stereocenters. The number of hydrogen-bond donors (Lipinski definition) is 13. The third-order valence-corrected chi connectivity index (χ3v) is 16.0. The lowest BCUT2D eigenvalue weighted by atomic mass is 9.95. The Labute approximate surface area is 495 Å². The van der Waals surface area contributed by atoms with Crippen molar-refractivity contribution in [1.82, 2.24) is 46.2 Å². The van der Waals surface area contributed by atoms with Crippen molar-refractivity contribution < 1.29 is 4.74 Å². The van der Waals surface area contributed by atoms with Gasteiger partial charge >= 0.3 is 0 Å². The van der Waals surface area contributed by atoms with Gasteiger partial charge in [-0.15, -0.1) is 0 Å². The zero-order chi connectivity index (χ0) is 58.0. The Kier molecular flexibility index (Phi) is 58.0. The van der Waals surface area contributed by atoms with E-state index in [1.54, 1.807) is 0 Å². The van der Waals surface area contributed by atoms with Gasteiger partial charge < -0.3 is 96.8 Å². The van der Waals surface area contributed by atoms with Crippen LogP contribution in [-0.4, -0.2) is 227 Å². The monoisotopic (exact) mass is 1140 g/mol. The topological polar surface area (TPSA) is 300 Å². The van der Waals surface area contributed by atoms with Crippen LogP contribution < -0.4 is 72.5 Å². The van der Waals surface area contributed by atoms with Crippen LogP contribution in [0.2, 0.25) is 0 Å². The first-order valence-electron chi connectivity index (χ1n) is 34.0. The van der Waals surface area contributed by atoms with Gasteiger partial charge in [0, 0.05) is 95.7 Å². The van der Waals surface area contributed by atoms with E-state index in [0.717, 1.165) is 65.6 Å². The van der Waals surface area contributed by atoms with Crippen molar-refractivity contribution in [2.24, 2.45) is 45.9 Å². The van der Waals surface area contributed by atoms with Gasteiger partial charge in [-0.2, -0.15) is 0 Å². The molecular formula is C62H141N17O. The minimum Gasteiger partial charge on any atom is -0.379 e. The molecule has 0 radical (unpaired) electrons. The third kappa shape index (κ3) is 59.0. The van der Waals surface area contributed by atoms with E-state index in [4.69, 9.17) is 50.6 Å². The van der Waals surface area contributed by atoms with Gasteiger partial charge in [-0.3, -0.25) is 0 Å². The molecule has 21 N–H and O–H groups in total. The summed E-state index contributed by atoms with van der Waals surface area (Å²) in [6.45, 7) is 30.0. The number of likely N-dealkylation sites (N-methyl/N-ethyl adjacent to an activating group) is 1. The molecule has 0 spiro atoms. The van der Waals surface area contributed by atoms with Crippen LogP contribution >= 0.6 is 0 Å². The molecule has 13 rings (SSSR count). The Morgan fingerprint density at radius 2 is 0.600 bits per heavy atom. The molecule has 8 saturated heterocycles. The van der Waals surface area contributed by atoms with Gasteiger partial charge in [-0.05, 0) is 240 Å². The van der Waals surface area contributed by atoms with E-state index in [1.807, 2.05) is 0 Å². The van der Waals surface area contributed by atoms with Crippen LogP contribution in [0.5, 0.6) is 0 Å². The van der Waals surface area contributed by atoms with Crippen molar-refractivity contribution in [3.8, 4) is 0 Å². The first-order valence-corrected chi connectivity index (χ1v) is 34.0. The number of nitrogens with one attached hydrogen (secondary N) is 5. The van der Waals surface area contributed by atoms with Gasteiger partial charge in [-0.25, -0.2) is 0 Å². The first-order chi connectivity index (χ1) is 39.2. The predicted molar refractivity (Wildman–Crippen MR) is 348 cm³/mol. The lowest BCUT2D eigenvalue weighted by molar-refractivity contribution is 0.109. The number of piperazine rings is 1. The molecule has 0 bridgehead atoms. The fourth-order valence-corrected chi connectivity index (χ4v) is 9.68. The van der Waals surface area contributed by atoms with E-state index in [0.29, 0.717) is 30.2 Å². The molecule has 5 aliphatic carbocycles. The number of rotatable bonds is 9. The summed E-state index contributed by atoms with van der Waals surface area (Å²) in [5.74, 6) is 0. The molecule has 18 heteroatoms. The second kappa shape index (κ2) is 60.0. The minimum atomic E-state index is 0.536. The zero-order valence-electron chi connectivity index (χ0n) is 52.8. The van der Waals surface area contributed by atoms with Crippen LogP contribution in [-0.2, 0) is 4.74 Å². The molecule has 18 nitrogen and oxygen atoms in total. The van der Waals surface area contributed by atoms with Crippen molar-refractivity contribution in [3.63, 3.8) is 0 Å². The lowest BCUT2D eigenvalue weighted by Gasteiger charge is -2.21. The number of hydrogen-bond acceptors (Lipinski definition) is 18. The summed E-state index contributed by atoms with van der Waals surface area (Å²) in [7, 11) is 2.15. The summed E-state index contributed by atoms with van der Waals surface area (Å²) < 4.78 is 5.01. The molecule has 13 fully saturated rings. The Hall–Kier alpha value is -0.720. The fraction of sp³-hybridized carbons (Fsp3) is 1.00. The normalized spacial score (nSPS) is 23.7. The highest BCUT2D eigenvalue weighted by Gasteiger charge is 2.14. The summed E-state index contributed by atoms with van der Waals surface area (Å²) >= 11 is 0. The second-order valence-corrected chi connectivity index (χ2v) is 24.3. The van der Waals surface area contributed by atoms with Gasteiger partial charge in [0.25, 0.3) is 0 Å². The van der Waals surface area contributed by atoms with Gasteiger partial charge in [0.05, 0.1) is 13.2 Å². The number of unbranched alkanes of at least 4 members (excludes halogenated alkanes) is 1. The molecule has 0 aromatic rings. The van der Waals surface area contributed by atoms with Crippen LogP contribution in [0, 0.1) is 0 Å². The van der Waals surface area contributed by atoms with E-state index in [-0.39, 0.29) is 0 Å². The molecule has 80 heavy (non-hydrogen) atoms. The van der Waals surface area contributed by atoms with Crippen molar-refractivity contribution in [3.05, 3.63) is 0 Å². The molecule has 5 saturated carbocycles. The maximum atomic E-state index is 5.63. The minimum absolute atomic E-state index is 0.536. The molecule has 480 valence electrons. The van der Waals surface area contributed by atoms with Crippen molar-refractivity contribution in [1.29, 1.82) is 0 Å². The summed E-state index contributed by atoms with van der Waals surface area (Å²) in [4.78, 5) is 9.78. The third-order valence-electron chi connectivity index (χ3n) is 16.0. The molecular weight excluding hydrogens is 999 g/mol. The zero-order valence-corrected chi connectivity index (χ0v) is 52.8. The number of morpholine rings is 1. The average Bonchev–Trinajstić information content (AvgIpc) is 3.96. The summed E-state index contributed by atoms with van der Waals surface area (Å²) in [6.07, 6.45) is 39.7. The number of nitrogens with zero attached hydrogens (tertiary/aromatic N) is 4. The summed E-state index contributed by atoms with van der Waals surface area (Å²) in [5.41, 5.74) is 43.4. The van der Waals surface area contributed by atoms with E-state index in [2.05, 4.69) is 53.2 Å². The van der Waals surface area contributed by atoms with E-state index < -0.39 is 0 Å². The molecule has 0 aromatic heterocycles. The van der Waals surface area contributed by atoms with Crippen molar-refractivity contribution in [2.45, 2.75) is 223 Å². The Morgan fingerprint density at radius 3 is 0.812 bits per heavy atom. The largest absolute Gasteiger partial charge is 0.379 e. The Bertz CT molecular complexity index is 1100. The number of likely N-dealkylation sites (tertiary alicyclic amines) is 3. The van der Waals surface area contributed by atoms with Crippen molar-refractivity contribution in [2.75, 3.05) is 177 Å². The summed E-state index contributed by atoms with van der Waals surface area (Å²) in [6, 6.07) is 2.78. The number of nitrogens with two attached hydrogens (primary N) is 8. The molecule has 0 aromatic carbocycles. The second-order valence-electron chi connectivity index (χ2n) is 24.3. The quantitative estimate of drug-likeness (QED) is 0.115. The van der Waals surface area contributed by atoms with E-state index in [1.165, 1.54) is 297 Å². The van der Waals surface area contributed by atoms with E-state index in [9.17, 15) is 0 Å². The first kappa shape index (κ1) is 77.3. The molecule has 8 aliphatic heterocycles. The average molecular weight is 1140 g/mol. The smallest absolute Gasteiger partial charge is 0.0591 e. The summed E-state index contributed by atoms with van der Waals surface area (Å²) in [5, 5.41) is 15.8. The van der Waals surface area contributed by atoms with E-state index >= 15 is 0 Å². The van der Waals surface area contributed by atoms with Crippen LogP contribution in [0.15, 0.2) is 0 Å².